The van der Waals surface area contributed by atoms with E-state index in [9.17, 15) is 14.0 Å². The number of nitrogens with zero attached hydrogens (tertiary/aromatic N) is 2. The lowest BCUT2D eigenvalue weighted by Gasteiger charge is -2.14. The summed E-state index contributed by atoms with van der Waals surface area (Å²) in [6, 6.07) is 12.5. The van der Waals surface area contributed by atoms with Crippen molar-refractivity contribution in [2.75, 3.05) is 6.61 Å². The van der Waals surface area contributed by atoms with Gasteiger partial charge in [-0.1, -0.05) is 35.9 Å². The molecule has 150 valence electrons. The van der Waals surface area contributed by atoms with Gasteiger partial charge in [-0.05, 0) is 37.6 Å². The molecular formula is C21H18ClFN2O4. The highest BCUT2D eigenvalue weighted by molar-refractivity contribution is 6.31. The highest BCUT2D eigenvalue weighted by atomic mass is 35.5. The molecule has 8 heteroatoms. The van der Waals surface area contributed by atoms with E-state index in [2.05, 4.69) is 5.10 Å². The first-order valence-electron chi connectivity index (χ1n) is 8.85. The van der Waals surface area contributed by atoms with Crippen molar-refractivity contribution in [1.82, 2.24) is 9.78 Å². The third-order valence-corrected chi connectivity index (χ3v) is 4.50. The molecule has 2 aromatic carbocycles. The summed E-state index contributed by atoms with van der Waals surface area (Å²) in [5, 5.41) is 4.33. The SMILES string of the molecule is CCOC(=O)c1nn(-c2ccccc2C)c(=O)cc1OCc1c(F)cccc1Cl. The van der Waals surface area contributed by atoms with E-state index >= 15 is 0 Å². The Labute approximate surface area is 171 Å². The lowest BCUT2D eigenvalue weighted by molar-refractivity contribution is 0.0511. The van der Waals surface area contributed by atoms with Gasteiger partial charge in [-0.2, -0.15) is 9.78 Å². The second kappa shape index (κ2) is 8.87. The minimum atomic E-state index is -0.760. The number of hydrogen-bond acceptors (Lipinski definition) is 5. The third kappa shape index (κ3) is 4.46. The fourth-order valence-electron chi connectivity index (χ4n) is 2.68. The van der Waals surface area contributed by atoms with Crippen LogP contribution in [0, 0.1) is 12.7 Å². The molecule has 1 aromatic heterocycles. The molecule has 0 spiro atoms. The molecule has 0 atom stereocenters. The number of benzene rings is 2. The molecule has 0 aliphatic rings. The van der Waals surface area contributed by atoms with Gasteiger partial charge in [0.1, 0.15) is 12.4 Å². The number of ether oxygens (including phenoxy) is 2. The molecule has 0 saturated carbocycles. The summed E-state index contributed by atoms with van der Waals surface area (Å²) in [5.41, 5.74) is 0.715. The predicted molar refractivity (Wildman–Crippen MR) is 106 cm³/mol. The lowest BCUT2D eigenvalue weighted by Crippen LogP contribution is -2.25. The molecule has 1 heterocycles. The number of esters is 1. The smallest absolute Gasteiger partial charge is 0.362 e. The van der Waals surface area contributed by atoms with Crippen LogP contribution in [-0.4, -0.2) is 22.4 Å². The van der Waals surface area contributed by atoms with Crippen molar-refractivity contribution in [3.05, 3.63) is 86.5 Å². The summed E-state index contributed by atoms with van der Waals surface area (Å²) in [5.74, 6) is -1.43. The molecule has 0 unspecified atom stereocenters. The quantitative estimate of drug-likeness (QED) is 0.566. The van der Waals surface area contributed by atoms with Crippen molar-refractivity contribution >= 4 is 17.6 Å². The Morgan fingerprint density at radius 1 is 1.21 bits per heavy atom. The van der Waals surface area contributed by atoms with Crippen LogP contribution in [-0.2, 0) is 11.3 Å². The summed E-state index contributed by atoms with van der Waals surface area (Å²) in [6.07, 6.45) is 0. The number of aromatic nitrogens is 2. The number of carbonyl (C=O) groups excluding carboxylic acids is 1. The Morgan fingerprint density at radius 2 is 1.97 bits per heavy atom. The first-order valence-corrected chi connectivity index (χ1v) is 9.23. The molecule has 0 aliphatic carbocycles. The number of halogens is 2. The van der Waals surface area contributed by atoms with E-state index in [0.717, 1.165) is 16.3 Å². The summed E-state index contributed by atoms with van der Waals surface area (Å²) in [7, 11) is 0. The van der Waals surface area contributed by atoms with Gasteiger partial charge in [0.05, 0.1) is 23.4 Å². The molecule has 0 radical (unpaired) electrons. The summed E-state index contributed by atoms with van der Waals surface area (Å²) in [6.45, 7) is 3.29. The van der Waals surface area contributed by atoms with Crippen molar-refractivity contribution in [3.63, 3.8) is 0 Å². The van der Waals surface area contributed by atoms with Gasteiger partial charge < -0.3 is 9.47 Å². The van der Waals surface area contributed by atoms with Gasteiger partial charge in [-0.3, -0.25) is 4.79 Å². The van der Waals surface area contributed by atoms with Gasteiger partial charge >= 0.3 is 5.97 Å². The van der Waals surface area contributed by atoms with Crippen molar-refractivity contribution in [1.29, 1.82) is 0 Å². The molecule has 0 bridgehead atoms. The lowest BCUT2D eigenvalue weighted by atomic mass is 10.2. The van der Waals surface area contributed by atoms with Crippen LogP contribution >= 0.6 is 11.6 Å². The second-order valence-corrected chi connectivity index (χ2v) is 6.51. The number of carbonyl (C=O) groups is 1. The van der Waals surface area contributed by atoms with Crippen molar-refractivity contribution < 1.29 is 18.7 Å². The Balaban J connectivity index is 2.04. The average Bonchev–Trinajstić information content (AvgIpc) is 2.68. The van der Waals surface area contributed by atoms with E-state index in [1.54, 1.807) is 19.1 Å². The van der Waals surface area contributed by atoms with Crippen LogP contribution in [0.4, 0.5) is 4.39 Å². The first kappa shape index (κ1) is 20.5. The van der Waals surface area contributed by atoms with E-state index in [-0.39, 0.29) is 35.2 Å². The van der Waals surface area contributed by atoms with Crippen molar-refractivity contribution in [2.24, 2.45) is 0 Å². The Morgan fingerprint density at radius 3 is 2.66 bits per heavy atom. The normalized spacial score (nSPS) is 10.6. The maximum Gasteiger partial charge on any atom is 0.362 e. The fourth-order valence-corrected chi connectivity index (χ4v) is 2.90. The van der Waals surface area contributed by atoms with E-state index in [4.69, 9.17) is 21.1 Å². The summed E-state index contributed by atoms with van der Waals surface area (Å²) in [4.78, 5) is 25.0. The molecule has 0 aliphatic heterocycles. The maximum atomic E-state index is 14.0. The molecule has 0 fully saturated rings. The zero-order valence-electron chi connectivity index (χ0n) is 15.8. The molecule has 0 saturated heterocycles. The molecule has 6 nitrogen and oxygen atoms in total. The van der Waals surface area contributed by atoms with Crippen LogP contribution in [0.25, 0.3) is 5.69 Å². The number of para-hydroxylation sites is 1. The molecular weight excluding hydrogens is 399 g/mol. The van der Waals surface area contributed by atoms with Crippen molar-refractivity contribution in [2.45, 2.75) is 20.5 Å². The molecule has 3 rings (SSSR count). The van der Waals surface area contributed by atoms with Gasteiger partial charge in [-0.15, -0.1) is 0 Å². The zero-order valence-corrected chi connectivity index (χ0v) is 16.6. The van der Waals surface area contributed by atoms with Crippen LogP contribution in [0.3, 0.4) is 0 Å². The number of aryl methyl sites for hydroxylation is 1. The minimum absolute atomic E-state index is 0.104. The van der Waals surface area contributed by atoms with Crippen LogP contribution in [0.2, 0.25) is 5.02 Å². The number of rotatable bonds is 6. The van der Waals surface area contributed by atoms with Gasteiger partial charge in [0.25, 0.3) is 5.56 Å². The largest absolute Gasteiger partial charge is 0.486 e. The second-order valence-electron chi connectivity index (χ2n) is 6.10. The topological polar surface area (TPSA) is 70.4 Å². The van der Waals surface area contributed by atoms with E-state index in [1.807, 2.05) is 19.1 Å². The van der Waals surface area contributed by atoms with Crippen molar-refractivity contribution in [3.8, 4) is 11.4 Å². The monoisotopic (exact) mass is 416 g/mol. The highest BCUT2D eigenvalue weighted by Crippen LogP contribution is 2.23. The van der Waals surface area contributed by atoms with Crippen LogP contribution < -0.4 is 10.3 Å². The van der Waals surface area contributed by atoms with Gasteiger partial charge in [0.2, 0.25) is 5.69 Å². The Bertz CT molecular complexity index is 1090. The summed E-state index contributed by atoms with van der Waals surface area (Å²) < 4.78 is 25.7. The van der Waals surface area contributed by atoms with E-state index < -0.39 is 17.3 Å². The van der Waals surface area contributed by atoms with Gasteiger partial charge in [0.15, 0.2) is 5.75 Å². The molecule has 3 aromatic rings. The van der Waals surface area contributed by atoms with Crippen LogP contribution in [0.15, 0.2) is 53.3 Å². The summed E-state index contributed by atoms with van der Waals surface area (Å²) >= 11 is 6.01. The maximum absolute atomic E-state index is 14.0. The zero-order chi connectivity index (χ0) is 21.0. The minimum Gasteiger partial charge on any atom is -0.486 e. The van der Waals surface area contributed by atoms with Gasteiger partial charge in [-0.25, -0.2) is 9.18 Å². The Kier molecular flexibility index (Phi) is 6.29. The average molecular weight is 417 g/mol. The third-order valence-electron chi connectivity index (χ3n) is 4.14. The first-order chi connectivity index (χ1) is 13.9. The Hall–Kier alpha value is -3.19. The highest BCUT2D eigenvalue weighted by Gasteiger charge is 2.21. The number of hydrogen-bond donors (Lipinski definition) is 0. The standard InChI is InChI=1S/C21H18ClFN2O4/c1-3-28-21(27)20-18(29-12-14-15(22)8-6-9-16(14)23)11-19(26)25(24-20)17-10-5-4-7-13(17)2/h4-11H,3,12H2,1-2H3. The molecule has 0 amide bonds. The van der Waals surface area contributed by atoms with Crippen LogP contribution in [0.1, 0.15) is 28.5 Å². The fraction of sp³-hybridized carbons (Fsp3) is 0.190. The van der Waals surface area contributed by atoms with E-state index in [1.165, 1.54) is 18.2 Å². The molecule has 29 heavy (non-hydrogen) atoms. The predicted octanol–water partition coefficient (Wildman–Crippen LogP) is 4.09. The van der Waals surface area contributed by atoms with Gasteiger partial charge in [0, 0.05) is 5.56 Å². The van der Waals surface area contributed by atoms with Crippen LogP contribution in [0.5, 0.6) is 5.75 Å². The molecule has 0 N–H and O–H groups in total. The van der Waals surface area contributed by atoms with E-state index in [0.29, 0.717) is 5.69 Å².